The van der Waals surface area contributed by atoms with Crippen LogP contribution in [0.1, 0.15) is 30.6 Å². The third kappa shape index (κ3) is 4.08. The average Bonchev–Trinajstić information content (AvgIpc) is 3.14. The number of nitrogens with one attached hydrogen (secondary N) is 1. The van der Waals surface area contributed by atoms with E-state index in [9.17, 15) is 9.00 Å². The molecular formula is C25H24N2O4S. The number of fused-ring (bicyclic) bond motifs is 1. The van der Waals surface area contributed by atoms with E-state index in [0.717, 1.165) is 35.6 Å². The van der Waals surface area contributed by atoms with Crippen molar-refractivity contribution in [2.75, 3.05) is 0 Å². The topological polar surface area (TPSA) is 85.3 Å². The summed E-state index contributed by atoms with van der Waals surface area (Å²) >= 11 is 0. The summed E-state index contributed by atoms with van der Waals surface area (Å²) in [5, 5.41) is 2.24. The Morgan fingerprint density at radius 2 is 1.75 bits per heavy atom. The van der Waals surface area contributed by atoms with Crippen molar-refractivity contribution in [2.24, 2.45) is 0 Å². The normalized spacial score (nSPS) is 15.9. The van der Waals surface area contributed by atoms with Gasteiger partial charge in [0.25, 0.3) is 0 Å². The molecule has 1 fully saturated rings. The molecule has 4 aromatic rings. The highest BCUT2D eigenvalue weighted by atomic mass is 32.2. The summed E-state index contributed by atoms with van der Waals surface area (Å²) in [6.07, 6.45) is 8.16. The second-order valence-electron chi connectivity index (χ2n) is 8.22. The molecule has 7 heteroatoms. The summed E-state index contributed by atoms with van der Waals surface area (Å²) in [5.41, 5.74) is 0.596. The lowest BCUT2D eigenvalue weighted by atomic mass is 10.00. The Bertz CT molecular complexity index is 1380. The van der Waals surface area contributed by atoms with Gasteiger partial charge in [-0.05, 0) is 41.3 Å². The summed E-state index contributed by atoms with van der Waals surface area (Å²) < 4.78 is 34.2. The molecule has 1 saturated carbocycles. The van der Waals surface area contributed by atoms with E-state index in [1.807, 2.05) is 41.2 Å². The van der Waals surface area contributed by atoms with Crippen molar-refractivity contribution in [3.63, 3.8) is 0 Å². The van der Waals surface area contributed by atoms with Gasteiger partial charge < -0.3 is 13.7 Å². The first-order valence-corrected chi connectivity index (χ1v) is 12.3. The van der Waals surface area contributed by atoms with Gasteiger partial charge in [0.15, 0.2) is 0 Å². The maximum atomic E-state index is 12.7. The molecule has 1 N–H and O–H groups in total. The molecule has 1 unspecified atom stereocenters. The van der Waals surface area contributed by atoms with E-state index in [1.54, 1.807) is 24.3 Å². The van der Waals surface area contributed by atoms with Gasteiger partial charge in [0.1, 0.15) is 18.6 Å². The maximum Gasteiger partial charge on any atom is 0.227 e. The molecule has 2 aromatic heterocycles. The Morgan fingerprint density at radius 1 is 1.06 bits per heavy atom. The van der Waals surface area contributed by atoms with E-state index in [2.05, 4.69) is 0 Å². The fourth-order valence-electron chi connectivity index (χ4n) is 3.88. The van der Waals surface area contributed by atoms with Crippen molar-refractivity contribution in [1.82, 2.24) is 4.57 Å². The molecule has 0 bridgehead atoms. The van der Waals surface area contributed by atoms with E-state index in [-0.39, 0.29) is 23.0 Å². The molecule has 0 aliphatic heterocycles. The summed E-state index contributed by atoms with van der Waals surface area (Å²) in [5.74, 6) is 0.697. The summed E-state index contributed by atoms with van der Waals surface area (Å²) in [6, 6.07) is 16.6. The molecule has 2 aromatic carbocycles. The van der Waals surface area contributed by atoms with Crippen LogP contribution in [0.25, 0.3) is 10.8 Å². The van der Waals surface area contributed by atoms with Crippen LogP contribution in [0.5, 0.6) is 5.75 Å². The van der Waals surface area contributed by atoms with Crippen molar-refractivity contribution in [3.8, 4) is 5.75 Å². The summed E-state index contributed by atoms with van der Waals surface area (Å²) in [7, 11) is -2.74. The molecule has 0 saturated heterocycles. The fraction of sp³-hybridized carbons (Fsp3) is 0.240. The van der Waals surface area contributed by atoms with Gasteiger partial charge in [0.2, 0.25) is 11.2 Å². The molecule has 6 nitrogen and oxygen atoms in total. The van der Waals surface area contributed by atoms with Crippen LogP contribution in [-0.4, -0.2) is 14.0 Å². The van der Waals surface area contributed by atoms with Crippen molar-refractivity contribution in [1.29, 1.82) is 4.78 Å². The van der Waals surface area contributed by atoms with E-state index < -0.39 is 9.73 Å². The van der Waals surface area contributed by atoms with Crippen molar-refractivity contribution in [3.05, 3.63) is 94.8 Å². The van der Waals surface area contributed by atoms with E-state index in [1.165, 1.54) is 12.3 Å². The predicted octanol–water partition coefficient (Wildman–Crippen LogP) is 5.18. The molecule has 0 radical (unpaired) electrons. The number of rotatable bonds is 7. The SMILES string of the molecule is N=S(=O)(c1ccc(COc2coc(Cn3cc4ccccc4c3)cc2=O)cc1)C1CCC1. The fourth-order valence-corrected chi connectivity index (χ4v) is 5.81. The van der Waals surface area contributed by atoms with Gasteiger partial charge in [-0.25, -0.2) is 8.99 Å². The number of hydrogen-bond donors (Lipinski definition) is 1. The number of nitrogens with zero attached hydrogens (tertiary/aromatic N) is 1. The highest BCUT2D eigenvalue weighted by Crippen LogP contribution is 2.31. The van der Waals surface area contributed by atoms with Gasteiger partial charge in [-0.15, -0.1) is 0 Å². The summed E-state index contributed by atoms with van der Waals surface area (Å²) in [4.78, 5) is 13.0. The smallest absolute Gasteiger partial charge is 0.227 e. The Morgan fingerprint density at radius 3 is 2.34 bits per heavy atom. The molecular weight excluding hydrogens is 424 g/mol. The number of hydrogen-bond acceptors (Lipinski definition) is 5. The quantitative estimate of drug-likeness (QED) is 0.422. The maximum absolute atomic E-state index is 12.7. The van der Waals surface area contributed by atoms with Crippen LogP contribution >= 0.6 is 0 Å². The predicted molar refractivity (Wildman–Crippen MR) is 124 cm³/mol. The second kappa shape index (κ2) is 8.31. The summed E-state index contributed by atoms with van der Waals surface area (Å²) in [6.45, 7) is 0.648. The molecule has 32 heavy (non-hydrogen) atoms. The van der Waals surface area contributed by atoms with Gasteiger partial charge in [-0.3, -0.25) is 4.79 Å². The first-order valence-electron chi connectivity index (χ1n) is 10.6. The first-order chi connectivity index (χ1) is 15.5. The lowest BCUT2D eigenvalue weighted by Gasteiger charge is -2.27. The van der Waals surface area contributed by atoms with Gasteiger partial charge in [0.05, 0.1) is 16.3 Å². The van der Waals surface area contributed by atoms with Crippen LogP contribution in [0.4, 0.5) is 0 Å². The number of benzene rings is 2. The molecule has 1 aliphatic carbocycles. The van der Waals surface area contributed by atoms with Gasteiger partial charge in [-0.1, -0.05) is 42.8 Å². The minimum atomic E-state index is -2.74. The highest BCUT2D eigenvalue weighted by Gasteiger charge is 2.29. The molecule has 164 valence electrons. The van der Waals surface area contributed by atoms with E-state index >= 15 is 0 Å². The van der Waals surface area contributed by atoms with Crippen molar-refractivity contribution >= 4 is 20.5 Å². The number of aromatic nitrogens is 1. The lowest BCUT2D eigenvalue weighted by molar-refractivity contribution is 0.289. The zero-order chi connectivity index (χ0) is 22.1. The van der Waals surface area contributed by atoms with Gasteiger partial charge in [-0.2, -0.15) is 0 Å². The van der Waals surface area contributed by atoms with Crippen LogP contribution in [0.3, 0.4) is 0 Å². The Hall–Kier alpha value is -3.32. The molecule has 0 spiro atoms. The monoisotopic (exact) mass is 448 g/mol. The number of ether oxygens (including phenoxy) is 1. The van der Waals surface area contributed by atoms with Crippen molar-refractivity contribution < 1.29 is 13.4 Å². The largest absolute Gasteiger partial charge is 0.482 e. The minimum absolute atomic E-state index is 0.0299. The standard InChI is InChI=1S/C25H24N2O4S/c26-32(29,22-6-3-7-22)23-10-8-18(9-11-23)16-31-25-17-30-21(12-24(25)28)15-27-13-19-4-1-2-5-20(19)14-27/h1-2,4-5,8-14,17,22,26H,3,6-7,15-16H2. The van der Waals surface area contributed by atoms with E-state index in [0.29, 0.717) is 17.2 Å². The molecule has 1 aliphatic rings. The van der Waals surface area contributed by atoms with Crippen LogP contribution in [0.15, 0.2) is 87.4 Å². The van der Waals surface area contributed by atoms with Crippen LogP contribution in [0, 0.1) is 4.78 Å². The Labute approximate surface area is 186 Å². The average molecular weight is 449 g/mol. The zero-order valence-corrected chi connectivity index (χ0v) is 18.3. The zero-order valence-electron chi connectivity index (χ0n) is 17.5. The van der Waals surface area contributed by atoms with Crippen LogP contribution in [-0.2, 0) is 22.9 Å². The Balaban J connectivity index is 1.23. The highest BCUT2D eigenvalue weighted by molar-refractivity contribution is 7.93. The van der Waals surface area contributed by atoms with E-state index in [4.69, 9.17) is 13.9 Å². The third-order valence-corrected chi connectivity index (χ3v) is 8.37. The molecule has 2 heterocycles. The van der Waals surface area contributed by atoms with Crippen LogP contribution in [0.2, 0.25) is 0 Å². The molecule has 5 rings (SSSR count). The lowest BCUT2D eigenvalue weighted by Crippen LogP contribution is -2.27. The third-order valence-electron chi connectivity index (χ3n) is 5.99. The van der Waals surface area contributed by atoms with Gasteiger partial charge >= 0.3 is 0 Å². The molecule has 0 amide bonds. The Kier molecular flexibility index (Phi) is 5.35. The molecule has 1 atom stereocenters. The van der Waals surface area contributed by atoms with Crippen molar-refractivity contribution in [2.45, 2.75) is 42.6 Å². The van der Waals surface area contributed by atoms with Crippen LogP contribution < -0.4 is 10.2 Å². The minimum Gasteiger partial charge on any atom is -0.482 e. The van der Waals surface area contributed by atoms with Gasteiger partial charge in [0, 0.05) is 28.6 Å². The first kappa shape index (κ1) is 20.6. The second-order valence-corrected chi connectivity index (χ2v) is 10.6.